The van der Waals surface area contributed by atoms with Gasteiger partial charge in [0.25, 0.3) is 0 Å². The molecule has 564 valence electrons. The van der Waals surface area contributed by atoms with E-state index >= 15 is 0 Å². The van der Waals surface area contributed by atoms with E-state index in [0.717, 1.165) is 47.3 Å². The fourth-order valence-corrected chi connectivity index (χ4v) is 20.9. The van der Waals surface area contributed by atoms with Crippen LogP contribution >= 0.6 is 0 Å². The molecule has 0 radical (unpaired) electrons. The van der Waals surface area contributed by atoms with Crippen LogP contribution in [-0.4, -0.2) is 16.1 Å². The second kappa shape index (κ2) is 29.1. The van der Waals surface area contributed by atoms with Crippen molar-refractivity contribution in [2.24, 2.45) is 101 Å². The van der Waals surface area contributed by atoms with Gasteiger partial charge in [0, 0.05) is 27.0 Å². The number of benzene rings is 4. The Morgan fingerprint density at radius 1 is 0.220 bits per heavy atom. The van der Waals surface area contributed by atoms with Crippen LogP contribution in [0.15, 0.2) is 97.1 Å². The standard InChI is InChI=1S/2C18H20.4C12H22.2C7H18Si/c2*1-17(2,3)18(4)15-11-7-5-9-13(15)14-10-6-8-12-16(14)18;4*1-11(2)9-5-7-10(8-6-9)12(11,3)4;2*1-7(2,3)8(4,5)6/h2*5-12H,1-4H3;4*9-10H,5-8H2,1-4H3;2*1-6H3. The van der Waals surface area contributed by atoms with Crippen molar-refractivity contribution in [3.63, 3.8) is 0 Å². The summed E-state index contributed by atoms with van der Waals surface area (Å²) in [7, 11) is -1.72. The van der Waals surface area contributed by atoms with Crippen LogP contribution in [0.4, 0.5) is 0 Å². The van der Waals surface area contributed by atoms with Gasteiger partial charge in [-0.2, -0.15) is 0 Å². The largest absolute Gasteiger partial charge is 0.0692 e. The molecule has 0 saturated heterocycles. The highest BCUT2D eigenvalue weighted by molar-refractivity contribution is 6.79. The van der Waals surface area contributed by atoms with E-state index in [0.29, 0.717) is 53.4 Å². The minimum Gasteiger partial charge on any atom is -0.0692 e. The summed E-state index contributed by atoms with van der Waals surface area (Å²) >= 11 is 0. The molecule has 0 nitrogen and oxygen atoms in total. The molecule has 0 atom stereocenters. The first-order valence-electron chi connectivity index (χ1n) is 41.7. The predicted octanol–water partition coefficient (Wildman–Crippen LogP) is 31.7. The molecule has 12 fully saturated rings. The number of hydrogen-bond acceptors (Lipinski definition) is 0. The lowest BCUT2D eigenvalue weighted by atomic mass is 9.45. The highest BCUT2D eigenvalue weighted by Crippen LogP contribution is 2.67. The maximum absolute atomic E-state index is 2.49. The Kier molecular flexibility index (Phi) is 24.6. The Morgan fingerprint density at radius 3 is 0.420 bits per heavy atom. The van der Waals surface area contributed by atoms with E-state index in [2.05, 4.69) is 344 Å². The second-order valence-electron chi connectivity index (χ2n) is 45.9. The van der Waals surface area contributed by atoms with Crippen LogP contribution in [-0.2, 0) is 10.8 Å². The van der Waals surface area contributed by atoms with Crippen LogP contribution < -0.4 is 0 Å². The van der Waals surface area contributed by atoms with Gasteiger partial charge in [-0.25, -0.2) is 0 Å². The fourth-order valence-electron chi connectivity index (χ4n) is 20.9. The Morgan fingerprint density at radius 2 is 0.330 bits per heavy atom. The van der Waals surface area contributed by atoms with Gasteiger partial charge in [0.1, 0.15) is 0 Å². The Labute approximate surface area is 625 Å². The van der Waals surface area contributed by atoms with E-state index in [9.17, 15) is 0 Å². The zero-order valence-electron chi connectivity index (χ0n) is 73.2. The third kappa shape index (κ3) is 15.6. The summed E-state index contributed by atoms with van der Waals surface area (Å²) in [4.78, 5) is 0. The van der Waals surface area contributed by atoms with Gasteiger partial charge in [-0.3, -0.25) is 0 Å². The summed E-state index contributed by atoms with van der Waals surface area (Å²) in [5.74, 6) is 8.09. The quantitative estimate of drug-likeness (QED) is 0.154. The molecule has 4 aromatic carbocycles. The van der Waals surface area contributed by atoms with Gasteiger partial charge in [0.05, 0.1) is 0 Å². The van der Waals surface area contributed by atoms with Gasteiger partial charge in [-0.15, -0.1) is 0 Å². The van der Waals surface area contributed by atoms with E-state index in [-0.39, 0.29) is 21.7 Å². The molecule has 0 N–H and O–H groups in total. The summed E-state index contributed by atoms with van der Waals surface area (Å²) < 4.78 is 0. The highest BCUT2D eigenvalue weighted by atomic mass is 28.3. The van der Waals surface area contributed by atoms with Gasteiger partial charge >= 0.3 is 0 Å². The zero-order valence-corrected chi connectivity index (χ0v) is 75.2. The molecule has 12 saturated carbocycles. The third-order valence-electron chi connectivity index (χ3n) is 35.7. The van der Waals surface area contributed by atoms with Gasteiger partial charge in [-0.1, -0.05) is 344 Å². The van der Waals surface area contributed by atoms with E-state index in [1.54, 1.807) is 0 Å². The van der Waals surface area contributed by atoms with Crippen LogP contribution in [0.5, 0.6) is 0 Å². The molecule has 0 aliphatic heterocycles. The van der Waals surface area contributed by atoms with E-state index in [1.165, 1.54) is 147 Å². The van der Waals surface area contributed by atoms with Crippen molar-refractivity contribution in [2.45, 2.75) is 371 Å². The maximum Gasteiger partial charge on any atom is 0.0496 e. The van der Waals surface area contributed by atoms with E-state index < -0.39 is 16.1 Å². The Balaban J connectivity index is 0.000000163. The molecule has 14 aliphatic rings. The fraction of sp³-hybridized carbons (Fsp3) is 0.755. The summed E-state index contributed by atoms with van der Waals surface area (Å²) in [5.41, 5.74) is 16.9. The lowest BCUT2D eigenvalue weighted by Crippen LogP contribution is -2.51. The molecule has 14 aliphatic carbocycles. The van der Waals surface area contributed by atoms with Crippen molar-refractivity contribution in [2.75, 3.05) is 0 Å². The zero-order chi connectivity index (χ0) is 75.9. The summed E-state index contributed by atoms with van der Waals surface area (Å²) in [6.45, 7) is 87.1. The second-order valence-corrected chi connectivity index (χ2v) is 57.9. The monoisotopic (exact) mass is 1400 g/mol. The molecule has 0 spiro atoms. The normalized spacial score (nSPS) is 28.8. The molecule has 4 aromatic rings. The van der Waals surface area contributed by atoms with Crippen LogP contribution in [0.25, 0.3) is 22.3 Å². The van der Waals surface area contributed by atoms with E-state index in [1.807, 2.05) is 0 Å². The average Bonchev–Trinajstić information content (AvgIpc) is 1.48. The predicted molar refractivity (Wildman–Crippen MR) is 454 cm³/mol. The minimum absolute atomic E-state index is 0.0974. The van der Waals surface area contributed by atoms with E-state index in [4.69, 9.17) is 0 Å². The van der Waals surface area contributed by atoms with Gasteiger partial charge in [0.2, 0.25) is 0 Å². The SMILES string of the molecule is CC(C)(C)C1(C)c2ccccc2-c2ccccc21.CC(C)(C)C1(C)c2ccccc2-c2ccccc21.CC(C)(C)[Si](C)(C)C.CC(C)(C)[Si](C)(C)C.CC1(C)C2CCC(CC2)C1(C)C.CC1(C)C2CCC(CC2)C1(C)C.CC1(C)C2CCC(CC2)C1(C)C.CC1(C)C2CCC(CC2)C1(C)C. The van der Waals surface area contributed by atoms with Crippen molar-refractivity contribution in [3.05, 3.63) is 119 Å². The first-order chi connectivity index (χ1) is 45.3. The van der Waals surface area contributed by atoms with Crippen molar-refractivity contribution >= 4 is 16.1 Å². The minimum atomic E-state index is -0.859. The summed E-state index contributed by atoms with van der Waals surface area (Å²) in [6, 6.07) is 35.4. The third-order valence-corrected chi connectivity index (χ3v) is 44.7. The first kappa shape index (κ1) is 84.6. The number of hydrogen-bond donors (Lipinski definition) is 0. The summed E-state index contributed by atoms with van der Waals surface area (Å²) in [5, 5.41) is 1.15. The maximum atomic E-state index is 2.49. The molecular weight excluding hydrogens is 1230 g/mol. The molecular formula is C98H164Si2. The molecule has 0 aromatic heterocycles. The van der Waals surface area contributed by atoms with Gasteiger partial charge < -0.3 is 0 Å². The lowest BCUT2D eigenvalue weighted by Gasteiger charge is -2.60. The van der Waals surface area contributed by atoms with Crippen molar-refractivity contribution in [1.29, 1.82) is 0 Å². The average molecular weight is 1400 g/mol. The molecule has 0 heterocycles. The van der Waals surface area contributed by atoms with Crippen LogP contribution in [0.1, 0.15) is 333 Å². The number of rotatable bonds is 0. The summed E-state index contributed by atoms with van der Waals surface area (Å²) in [6.07, 6.45) is 24.0. The van der Waals surface area contributed by atoms with Crippen LogP contribution in [0, 0.1) is 101 Å². The molecule has 0 amide bonds. The molecule has 8 bridgehead atoms. The Bertz CT molecular complexity index is 2790. The Hall–Kier alpha value is -2.69. The van der Waals surface area contributed by atoms with Gasteiger partial charge in [-0.05, 0) is 259 Å². The van der Waals surface area contributed by atoms with Crippen molar-refractivity contribution < 1.29 is 0 Å². The first-order valence-corrected chi connectivity index (χ1v) is 48.7. The van der Waals surface area contributed by atoms with Crippen molar-refractivity contribution in [1.82, 2.24) is 0 Å². The number of fused-ring (bicyclic) bond motifs is 18. The molecule has 18 rings (SSSR count). The topological polar surface area (TPSA) is 0 Å². The molecule has 100 heavy (non-hydrogen) atoms. The van der Waals surface area contributed by atoms with Gasteiger partial charge in [0.15, 0.2) is 0 Å². The molecule has 2 heteroatoms. The molecule has 0 unspecified atom stereocenters. The van der Waals surface area contributed by atoms with Crippen molar-refractivity contribution in [3.8, 4) is 22.3 Å². The smallest absolute Gasteiger partial charge is 0.0496 e. The van der Waals surface area contributed by atoms with Crippen LogP contribution in [0.2, 0.25) is 49.4 Å². The van der Waals surface area contributed by atoms with Crippen LogP contribution in [0.3, 0.4) is 0 Å². The highest BCUT2D eigenvalue weighted by Gasteiger charge is 2.58. The lowest BCUT2D eigenvalue weighted by molar-refractivity contribution is -0.104.